The lowest BCUT2D eigenvalue weighted by Crippen LogP contribution is -2.15. The van der Waals surface area contributed by atoms with Crippen LogP contribution in [0.5, 0.6) is 23.1 Å². The lowest BCUT2D eigenvalue weighted by Gasteiger charge is -2.12. The van der Waals surface area contributed by atoms with E-state index in [0.29, 0.717) is 6.42 Å². The number of aromatic nitrogens is 2. The highest BCUT2D eigenvalue weighted by Crippen LogP contribution is 2.38. The number of nitrogens with one attached hydrogen (secondary N) is 1. The summed E-state index contributed by atoms with van der Waals surface area (Å²) in [5.41, 5.74) is 0.808. The van der Waals surface area contributed by atoms with Gasteiger partial charge >= 0.3 is 0 Å². The maximum atomic E-state index is 13.2. The highest BCUT2D eigenvalue weighted by Gasteiger charge is 2.25. The predicted octanol–water partition coefficient (Wildman–Crippen LogP) is 4.30. The zero-order valence-corrected chi connectivity index (χ0v) is 19.7. The van der Waals surface area contributed by atoms with Gasteiger partial charge in [0.05, 0.1) is 19.1 Å². The van der Waals surface area contributed by atoms with Gasteiger partial charge in [-0.25, -0.2) is 13.4 Å². The highest BCUT2D eigenvalue weighted by molar-refractivity contribution is 7.92. The standard InChI is InChI=1S/C22H20N4O8S/c1-4-13-5-7-16(31-2)19(9-13)35(29,30)25-22-21-17(32-3)10-15(11-18(21)34-24-22)33-20-8-6-14(12-23-20)26(27)28/h5-12H,4H2,1-3H3,(H,24,25). The highest BCUT2D eigenvalue weighted by atomic mass is 32.2. The molecule has 0 unspecified atom stereocenters. The molecular formula is C22H20N4O8S. The van der Waals surface area contributed by atoms with Crippen LogP contribution in [-0.4, -0.2) is 37.7 Å². The molecule has 0 saturated heterocycles. The molecule has 4 aromatic rings. The number of methoxy groups -OCH3 is 2. The third-order valence-electron chi connectivity index (χ3n) is 5.04. The van der Waals surface area contributed by atoms with Crippen molar-refractivity contribution in [2.75, 3.05) is 18.9 Å². The zero-order valence-electron chi connectivity index (χ0n) is 18.8. The maximum Gasteiger partial charge on any atom is 0.287 e. The first-order valence-corrected chi connectivity index (χ1v) is 11.7. The van der Waals surface area contributed by atoms with E-state index in [2.05, 4.69) is 14.9 Å². The average molecular weight is 500 g/mol. The van der Waals surface area contributed by atoms with E-state index in [0.717, 1.165) is 11.8 Å². The van der Waals surface area contributed by atoms with E-state index >= 15 is 0 Å². The van der Waals surface area contributed by atoms with Gasteiger partial charge in [-0.1, -0.05) is 18.1 Å². The molecule has 0 amide bonds. The molecule has 4 rings (SSSR count). The van der Waals surface area contributed by atoms with Crippen LogP contribution in [0.15, 0.2) is 58.1 Å². The second kappa shape index (κ2) is 9.46. The summed E-state index contributed by atoms with van der Waals surface area (Å²) in [4.78, 5) is 14.1. The summed E-state index contributed by atoms with van der Waals surface area (Å²) in [6.07, 6.45) is 1.70. The van der Waals surface area contributed by atoms with Crippen LogP contribution in [0, 0.1) is 10.1 Å². The van der Waals surface area contributed by atoms with E-state index in [1.165, 1.54) is 44.6 Å². The summed E-state index contributed by atoms with van der Waals surface area (Å²) in [6, 6.07) is 10.4. The Morgan fingerprint density at radius 2 is 1.86 bits per heavy atom. The van der Waals surface area contributed by atoms with Crippen molar-refractivity contribution in [2.24, 2.45) is 0 Å². The Hall–Kier alpha value is -4.39. The fourth-order valence-electron chi connectivity index (χ4n) is 3.30. The monoisotopic (exact) mass is 500 g/mol. The normalized spacial score (nSPS) is 11.3. The van der Waals surface area contributed by atoms with Crippen molar-refractivity contribution in [2.45, 2.75) is 18.2 Å². The van der Waals surface area contributed by atoms with Crippen molar-refractivity contribution in [1.82, 2.24) is 10.1 Å². The molecule has 0 bridgehead atoms. The number of nitro groups is 1. The van der Waals surface area contributed by atoms with Gasteiger partial charge in [0.25, 0.3) is 15.7 Å². The van der Waals surface area contributed by atoms with Crippen LogP contribution in [0.2, 0.25) is 0 Å². The molecule has 0 fully saturated rings. The number of hydrogen-bond acceptors (Lipinski definition) is 10. The maximum absolute atomic E-state index is 13.2. The van der Waals surface area contributed by atoms with Gasteiger partial charge in [0.15, 0.2) is 11.4 Å². The third-order valence-corrected chi connectivity index (χ3v) is 6.40. The number of anilines is 1. The van der Waals surface area contributed by atoms with Gasteiger partial charge in [0.2, 0.25) is 5.88 Å². The van der Waals surface area contributed by atoms with E-state index < -0.39 is 14.9 Å². The number of ether oxygens (including phenoxy) is 3. The summed E-state index contributed by atoms with van der Waals surface area (Å²) in [7, 11) is -1.32. The summed E-state index contributed by atoms with van der Waals surface area (Å²) in [5, 5.41) is 14.9. The molecule has 0 saturated carbocycles. The van der Waals surface area contributed by atoms with Crippen LogP contribution < -0.4 is 18.9 Å². The van der Waals surface area contributed by atoms with Crippen molar-refractivity contribution in [3.05, 3.63) is 64.3 Å². The molecule has 12 nitrogen and oxygen atoms in total. The van der Waals surface area contributed by atoms with E-state index in [1.807, 2.05) is 6.92 Å². The van der Waals surface area contributed by atoms with Crippen LogP contribution in [0.4, 0.5) is 11.5 Å². The van der Waals surface area contributed by atoms with E-state index in [1.54, 1.807) is 12.1 Å². The lowest BCUT2D eigenvalue weighted by atomic mass is 10.2. The Labute approximate surface area is 199 Å². The number of hydrogen-bond donors (Lipinski definition) is 1. The number of aryl methyl sites for hydroxylation is 1. The van der Waals surface area contributed by atoms with Crippen LogP contribution in [0.1, 0.15) is 12.5 Å². The molecule has 0 aliphatic heterocycles. The van der Waals surface area contributed by atoms with E-state index in [-0.39, 0.29) is 50.5 Å². The Morgan fingerprint density at radius 1 is 1.09 bits per heavy atom. The van der Waals surface area contributed by atoms with Gasteiger partial charge in [-0.3, -0.25) is 14.8 Å². The lowest BCUT2D eigenvalue weighted by molar-refractivity contribution is -0.385. The summed E-state index contributed by atoms with van der Waals surface area (Å²) < 4.78 is 50.4. The first-order chi connectivity index (χ1) is 16.7. The molecule has 35 heavy (non-hydrogen) atoms. The number of sulfonamides is 1. The smallest absolute Gasteiger partial charge is 0.287 e. The molecule has 0 atom stereocenters. The van der Waals surface area contributed by atoms with Gasteiger partial charge in [0, 0.05) is 24.3 Å². The minimum Gasteiger partial charge on any atom is -0.496 e. The zero-order chi connectivity index (χ0) is 25.2. The Kier molecular flexibility index (Phi) is 6.42. The predicted molar refractivity (Wildman–Crippen MR) is 125 cm³/mol. The molecule has 1 N–H and O–H groups in total. The average Bonchev–Trinajstić information content (AvgIpc) is 3.25. The first kappa shape index (κ1) is 23.8. The van der Waals surface area contributed by atoms with Gasteiger partial charge in [-0.2, -0.15) is 0 Å². The number of benzene rings is 2. The fraction of sp³-hybridized carbons (Fsp3) is 0.182. The SMILES string of the molecule is CCc1ccc(OC)c(S(=O)(=O)Nc2noc3cc(Oc4ccc([N+](=O)[O-])cn4)cc(OC)c23)c1. The van der Waals surface area contributed by atoms with Crippen molar-refractivity contribution >= 4 is 32.5 Å². The van der Waals surface area contributed by atoms with Gasteiger partial charge in [-0.15, -0.1) is 0 Å². The van der Waals surface area contributed by atoms with Crippen LogP contribution in [-0.2, 0) is 16.4 Å². The fourth-order valence-corrected chi connectivity index (χ4v) is 4.52. The van der Waals surface area contributed by atoms with E-state index in [4.69, 9.17) is 18.7 Å². The molecule has 0 aliphatic rings. The molecule has 0 aliphatic carbocycles. The number of nitrogens with zero attached hydrogens (tertiary/aromatic N) is 3. The molecule has 0 radical (unpaired) electrons. The number of fused-ring (bicyclic) bond motifs is 1. The number of rotatable bonds is 9. The minimum atomic E-state index is -4.09. The van der Waals surface area contributed by atoms with Crippen LogP contribution in [0.25, 0.3) is 11.0 Å². The summed E-state index contributed by atoms with van der Waals surface area (Å²) in [5.74, 6) is 0.646. The molecular weight excluding hydrogens is 480 g/mol. The van der Waals surface area contributed by atoms with Gasteiger partial charge in [-0.05, 0) is 24.1 Å². The Balaban J connectivity index is 1.68. The van der Waals surface area contributed by atoms with Crippen LogP contribution in [0.3, 0.4) is 0 Å². The Morgan fingerprint density at radius 3 is 2.49 bits per heavy atom. The summed E-state index contributed by atoms with van der Waals surface area (Å²) in [6.45, 7) is 1.91. The van der Waals surface area contributed by atoms with Gasteiger partial charge in [0.1, 0.15) is 33.7 Å². The third kappa shape index (κ3) is 4.80. The van der Waals surface area contributed by atoms with Crippen molar-refractivity contribution < 1.29 is 32.1 Å². The van der Waals surface area contributed by atoms with Crippen molar-refractivity contribution in [1.29, 1.82) is 0 Å². The molecule has 2 aromatic heterocycles. The van der Waals surface area contributed by atoms with Crippen molar-refractivity contribution in [3.8, 4) is 23.1 Å². The van der Waals surface area contributed by atoms with Gasteiger partial charge < -0.3 is 18.7 Å². The summed E-state index contributed by atoms with van der Waals surface area (Å²) >= 11 is 0. The number of pyridine rings is 1. The molecule has 13 heteroatoms. The first-order valence-electron chi connectivity index (χ1n) is 10.2. The molecule has 2 heterocycles. The molecule has 0 spiro atoms. The quantitative estimate of drug-likeness (QED) is 0.259. The van der Waals surface area contributed by atoms with E-state index in [9.17, 15) is 18.5 Å². The Bertz CT molecular complexity index is 1500. The largest absolute Gasteiger partial charge is 0.496 e. The second-order valence-corrected chi connectivity index (χ2v) is 8.84. The van der Waals surface area contributed by atoms with Crippen LogP contribution >= 0.6 is 0 Å². The minimum absolute atomic E-state index is 0.0429. The topological polar surface area (TPSA) is 156 Å². The molecule has 2 aromatic carbocycles. The molecule has 182 valence electrons. The van der Waals surface area contributed by atoms with Crippen molar-refractivity contribution in [3.63, 3.8) is 0 Å². The second-order valence-electron chi connectivity index (χ2n) is 7.19.